The second-order valence-corrected chi connectivity index (χ2v) is 13.0. The third kappa shape index (κ3) is 9.99. The molecular formula is C29H28ClN6NaO11S2. The summed E-state index contributed by atoms with van der Waals surface area (Å²) in [5.74, 6) is -4.45. The average Bonchev–Trinajstić information content (AvgIpc) is 3.51. The van der Waals surface area contributed by atoms with Gasteiger partial charge in [0.25, 0.3) is 11.8 Å². The van der Waals surface area contributed by atoms with Crippen molar-refractivity contribution in [2.75, 3.05) is 17.8 Å². The summed E-state index contributed by atoms with van der Waals surface area (Å²) in [7, 11) is -5.37. The van der Waals surface area contributed by atoms with Gasteiger partial charge in [0.15, 0.2) is 27.3 Å². The number of hydrogen-bond donors (Lipinski definition) is 3. The van der Waals surface area contributed by atoms with Crippen molar-refractivity contribution in [1.29, 1.82) is 0 Å². The Bertz CT molecular complexity index is 1820. The van der Waals surface area contributed by atoms with Crippen LogP contribution >= 0.6 is 22.9 Å². The summed E-state index contributed by atoms with van der Waals surface area (Å²) >= 11 is 6.39. The van der Waals surface area contributed by atoms with E-state index in [1.54, 1.807) is 60.7 Å². The van der Waals surface area contributed by atoms with E-state index in [1.807, 2.05) is 0 Å². The smallest absolute Gasteiger partial charge is 0.731 e. The molecule has 0 saturated carbocycles. The van der Waals surface area contributed by atoms with E-state index in [1.165, 1.54) is 19.2 Å². The molecule has 0 radical (unpaired) electrons. The molecule has 4 amide bonds. The molecule has 1 saturated heterocycles. The number of rotatable bonds is 14. The van der Waals surface area contributed by atoms with Crippen molar-refractivity contribution in [3.05, 3.63) is 82.9 Å². The van der Waals surface area contributed by atoms with Crippen LogP contribution in [0.15, 0.2) is 71.2 Å². The van der Waals surface area contributed by atoms with Gasteiger partial charge in [-0.3, -0.25) is 14.4 Å². The number of esters is 1. The number of amides is 4. The fourth-order valence-corrected chi connectivity index (χ4v) is 5.95. The Morgan fingerprint density at radius 2 is 1.68 bits per heavy atom. The number of aromatic nitrogens is 1. The van der Waals surface area contributed by atoms with Gasteiger partial charge in [0, 0.05) is 5.38 Å². The van der Waals surface area contributed by atoms with Crippen molar-refractivity contribution in [2.24, 2.45) is 10.9 Å². The summed E-state index contributed by atoms with van der Waals surface area (Å²) in [4.78, 5) is 72.2. The van der Waals surface area contributed by atoms with Crippen LogP contribution in [-0.4, -0.2) is 87.9 Å². The topological polar surface area (TPSA) is 249 Å². The quantitative estimate of drug-likeness (QED) is 0.0320. The maximum Gasteiger partial charge on any atom is 1.00 e. The van der Waals surface area contributed by atoms with Crippen LogP contribution in [0.1, 0.15) is 36.8 Å². The van der Waals surface area contributed by atoms with E-state index < -0.39 is 82.1 Å². The predicted molar refractivity (Wildman–Crippen MR) is 172 cm³/mol. The molecule has 0 bridgehead atoms. The van der Waals surface area contributed by atoms with Crippen LogP contribution in [0.2, 0.25) is 0 Å². The van der Waals surface area contributed by atoms with Gasteiger partial charge in [-0.15, -0.1) is 22.9 Å². The Morgan fingerprint density at radius 3 is 2.20 bits per heavy atom. The number of carbonyl (C=O) groups excluding carboxylic acids is 5. The molecule has 0 aliphatic carbocycles. The fraction of sp³-hybridized carbons (Fsp3) is 0.276. The molecule has 2 aromatic carbocycles. The molecule has 4 N–H and O–H groups in total. The van der Waals surface area contributed by atoms with Crippen LogP contribution in [0.25, 0.3) is 0 Å². The zero-order valence-electron chi connectivity index (χ0n) is 26.6. The molecule has 1 fully saturated rings. The van der Waals surface area contributed by atoms with E-state index in [9.17, 15) is 36.9 Å². The number of ether oxygens (including phenoxy) is 2. The summed E-state index contributed by atoms with van der Waals surface area (Å²) in [6.45, 7) is 1.78. The van der Waals surface area contributed by atoms with Gasteiger partial charge in [0.2, 0.25) is 11.5 Å². The van der Waals surface area contributed by atoms with E-state index in [0.717, 1.165) is 11.3 Å². The second-order valence-electron chi connectivity index (χ2n) is 10.6. The Hall–Kier alpha value is -4.11. The van der Waals surface area contributed by atoms with Gasteiger partial charge >= 0.3 is 41.6 Å². The van der Waals surface area contributed by atoms with Gasteiger partial charge in [-0.25, -0.2) is 27.3 Å². The van der Waals surface area contributed by atoms with Crippen LogP contribution in [-0.2, 0) is 43.8 Å². The number of β-lactam (4-membered cyclic amide) rings is 1. The summed E-state index contributed by atoms with van der Waals surface area (Å²) in [5.41, 5.74) is 3.54. The summed E-state index contributed by atoms with van der Waals surface area (Å²) in [6.07, 6.45) is -2.19. The van der Waals surface area contributed by atoms with E-state index in [-0.39, 0.29) is 44.7 Å². The Kier molecular flexibility index (Phi) is 13.9. The molecule has 1 aliphatic rings. The van der Waals surface area contributed by atoms with Crippen LogP contribution in [0.5, 0.6) is 0 Å². The van der Waals surface area contributed by atoms with Crippen molar-refractivity contribution in [3.63, 3.8) is 0 Å². The maximum atomic E-state index is 13.5. The standard InChI is InChI=1S/C29H29ClN6O11S2.Na/c1-29(2,26(40)46-23(16-9-5-3-6-10-16)17-11-7-4-8-12-17)47-35-21(18-15-48-28(32-18)33-20(37)13-30)24(38)34-22-19(14-45-27(31)41)36(25(22)39)49(42,43)44;/h3-12,15,19,22-23H,13-14H2,1-2H3,(H2,31,41)(H,34,38)(H,32,33,37)(H,42,43,44);/q;+1/p-1/b35-21-;/t19-,22+;/m0./s1. The number of anilines is 1. The average molecular weight is 759 g/mol. The number of hydrogen-bond acceptors (Lipinski definition) is 14. The number of oxime groups is 1. The molecule has 4 rings (SSSR count). The monoisotopic (exact) mass is 758 g/mol. The van der Waals surface area contributed by atoms with Crippen molar-refractivity contribution >= 4 is 73.9 Å². The van der Waals surface area contributed by atoms with Crippen LogP contribution in [0, 0.1) is 0 Å². The van der Waals surface area contributed by atoms with Crippen molar-refractivity contribution in [2.45, 2.75) is 37.6 Å². The zero-order valence-corrected chi connectivity index (χ0v) is 31.0. The normalized spacial score (nSPS) is 16.1. The summed E-state index contributed by atoms with van der Waals surface area (Å²) < 4.78 is 45.2. The van der Waals surface area contributed by atoms with Crippen LogP contribution in [0.4, 0.5) is 9.93 Å². The molecule has 0 unspecified atom stereocenters. The molecule has 21 heteroatoms. The fourth-order valence-electron chi connectivity index (χ4n) is 4.32. The Morgan fingerprint density at radius 1 is 1.10 bits per heavy atom. The third-order valence-corrected chi connectivity index (χ3v) is 8.64. The predicted octanol–water partition coefficient (Wildman–Crippen LogP) is -1.59. The number of nitrogens with one attached hydrogen (secondary N) is 2. The van der Waals surface area contributed by atoms with Crippen molar-refractivity contribution in [3.8, 4) is 0 Å². The number of halogens is 1. The number of carbonyl (C=O) groups is 5. The molecule has 2 heterocycles. The van der Waals surface area contributed by atoms with Crippen molar-refractivity contribution in [1.82, 2.24) is 14.6 Å². The van der Waals surface area contributed by atoms with E-state index in [2.05, 4.69) is 25.5 Å². The first-order valence-electron chi connectivity index (χ1n) is 14.0. The van der Waals surface area contributed by atoms with Gasteiger partial charge in [0.05, 0.1) is 0 Å². The molecule has 1 aliphatic heterocycles. The molecule has 260 valence electrons. The maximum absolute atomic E-state index is 13.5. The second kappa shape index (κ2) is 17.2. The van der Waals surface area contributed by atoms with Crippen molar-refractivity contribution < 1.29 is 80.8 Å². The summed E-state index contributed by atoms with van der Waals surface area (Å²) in [5, 5.41) is 9.72. The molecule has 17 nitrogen and oxygen atoms in total. The molecular weight excluding hydrogens is 731 g/mol. The van der Waals surface area contributed by atoms with E-state index in [0.29, 0.717) is 11.1 Å². The van der Waals surface area contributed by atoms with E-state index >= 15 is 0 Å². The summed E-state index contributed by atoms with van der Waals surface area (Å²) in [6, 6.07) is 14.4. The number of benzene rings is 2. The molecule has 1 aromatic heterocycles. The molecule has 0 spiro atoms. The van der Waals surface area contributed by atoms with Gasteiger partial charge in [0.1, 0.15) is 30.3 Å². The minimum Gasteiger partial charge on any atom is -0.731 e. The molecule has 3 aromatic rings. The number of primary amides is 1. The first-order valence-corrected chi connectivity index (χ1v) is 16.8. The van der Waals surface area contributed by atoms with Gasteiger partial charge in [-0.05, 0) is 25.0 Å². The van der Waals surface area contributed by atoms with E-state index in [4.69, 9.17) is 26.9 Å². The first kappa shape index (κ1) is 40.3. The number of thiazole rings is 1. The largest absolute Gasteiger partial charge is 1.00 e. The first-order chi connectivity index (χ1) is 23.1. The molecule has 50 heavy (non-hydrogen) atoms. The Balaban J connectivity index is 0.00000676. The SMILES string of the molecule is CC(C)(O/N=C(\C(=O)N[C@H]1C(=O)N(S(=O)(=O)[O-])[C@H]1COC(N)=O)c1csc(NC(=O)CCl)n1)C(=O)OC(c1ccccc1)c1ccccc1.[Na+]. The van der Waals surface area contributed by atoms with Gasteiger partial charge in [-0.1, -0.05) is 65.8 Å². The van der Waals surface area contributed by atoms with Crippen LogP contribution < -0.4 is 45.9 Å². The third-order valence-electron chi connectivity index (χ3n) is 6.71. The minimum atomic E-state index is -5.37. The molecule has 2 atom stereocenters. The zero-order chi connectivity index (χ0) is 35.9. The van der Waals surface area contributed by atoms with Gasteiger partial charge in [-0.2, -0.15) is 0 Å². The van der Waals surface area contributed by atoms with Gasteiger partial charge < -0.3 is 35.2 Å². The number of nitrogens with zero attached hydrogens (tertiary/aromatic N) is 3. The number of nitrogens with two attached hydrogens (primary N) is 1. The minimum absolute atomic E-state index is 0. The van der Waals surface area contributed by atoms with Crippen LogP contribution in [0.3, 0.4) is 0 Å². The number of alkyl halides is 1. The Labute approximate surface area is 316 Å².